The quantitative estimate of drug-likeness (QED) is 0.557. The summed E-state index contributed by atoms with van der Waals surface area (Å²) in [6.45, 7) is 0. The molecule has 6 nitrogen and oxygen atoms in total. The van der Waals surface area contributed by atoms with Crippen LogP contribution in [0.3, 0.4) is 0 Å². The highest BCUT2D eigenvalue weighted by molar-refractivity contribution is 7.90. The number of rotatable bonds is 3. The number of benzene rings is 2. The van der Waals surface area contributed by atoms with E-state index < -0.39 is 15.7 Å². The molecule has 0 radical (unpaired) electrons. The molecule has 2 rings (SSSR count). The Balaban J connectivity index is 1.90. The van der Waals surface area contributed by atoms with Crippen molar-refractivity contribution in [3.8, 4) is 0 Å². The maximum atomic E-state index is 12.0. The summed E-state index contributed by atoms with van der Waals surface area (Å²) in [7, 11) is -3.30. The molecular formula is C15H14ClN3O3S2. The van der Waals surface area contributed by atoms with Gasteiger partial charge in [0.25, 0.3) is 5.91 Å². The summed E-state index contributed by atoms with van der Waals surface area (Å²) in [5, 5.41) is 3.67. The topological polar surface area (TPSA) is 87.3 Å². The zero-order chi connectivity index (χ0) is 17.7. The lowest BCUT2D eigenvalue weighted by atomic mass is 10.2. The molecule has 0 fully saturated rings. The van der Waals surface area contributed by atoms with Crippen molar-refractivity contribution in [3.05, 3.63) is 59.1 Å². The van der Waals surface area contributed by atoms with Crippen molar-refractivity contribution in [2.24, 2.45) is 0 Å². The molecule has 0 saturated heterocycles. The summed E-state index contributed by atoms with van der Waals surface area (Å²) in [6.07, 6.45) is 1.10. The second kappa shape index (κ2) is 7.61. The number of carbonyl (C=O) groups is 1. The van der Waals surface area contributed by atoms with Crippen LogP contribution in [0.25, 0.3) is 0 Å². The van der Waals surface area contributed by atoms with Gasteiger partial charge >= 0.3 is 0 Å². The monoisotopic (exact) mass is 383 g/mol. The van der Waals surface area contributed by atoms with E-state index in [0.717, 1.165) is 6.26 Å². The van der Waals surface area contributed by atoms with Crippen LogP contribution < -0.4 is 16.2 Å². The fourth-order valence-electron chi connectivity index (χ4n) is 1.73. The zero-order valence-corrected chi connectivity index (χ0v) is 14.9. The van der Waals surface area contributed by atoms with Crippen LogP contribution in [0.2, 0.25) is 5.02 Å². The maximum Gasteiger partial charge on any atom is 0.269 e. The molecule has 0 aliphatic heterocycles. The van der Waals surface area contributed by atoms with Crippen molar-refractivity contribution < 1.29 is 13.2 Å². The van der Waals surface area contributed by atoms with E-state index in [1.54, 1.807) is 24.3 Å². The molecule has 1 amide bonds. The Morgan fingerprint density at radius 1 is 1.00 bits per heavy atom. The Morgan fingerprint density at radius 3 is 2.12 bits per heavy atom. The lowest BCUT2D eigenvalue weighted by Crippen LogP contribution is -2.43. The first-order valence-corrected chi connectivity index (χ1v) is 9.36. The third-order valence-corrected chi connectivity index (χ3v) is 4.52. The second-order valence-electron chi connectivity index (χ2n) is 4.84. The van der Waals surface area contributed by atoms with Gasteiger partial charge in [-0.1, -0.05) is 11.6 Å². The Labute approximate surface area is 150 Å². The average molecular weight is 384 g/mol. The van der Waals surface area contributed by atoms with Gasteiger partial charge in [0, 0.05) is 22.5 Å². The standard InChI is InChI=1S/C15H14ClN3O3S2/c1-24(21,22)13-8-2-10(3-9-13)14(20)18-19-15(23)17-12-6-4-11(16)5-7-12/h2-9H,1H3,(H,18,20)(H2,17,19,23). The maximum absolute atomic E-state index is 12.0. The number of thiocarbonyl (C=S) groups is 1. The molecule has 9 heteroatoms. The lowest BCUT2D eigenvalue weighted by Gasteiger charge is -2.11. The summed E-state index contributed by atoms with van der Waals surface area (Å²) in [6, 6.07) is 12.5. The largest absolute Gasteiger partial charge is 0.331 e. The summed E-state index contributed by atoms with van der Waals surface area (Å²) in [5.41, 5.74) is 5.99. The predicted octanol–water partition coefficient (Wildman–Crippen LogP) is 2.37. The molecule has 126 valence electrons. The van der Waals surface area contributed by atoms with Crippen LogP contribution in [0.5, 0.6) is 0 Å². The van der Waals surface area contributed by atoms with Gasteiger partial charge in [-0.3, -0.25) is 15.6 Å². The molecule has 2 aromatic carbocycles. The predicted molar refractivity (Wildman–Crippen MR) is 97.8 cm³/mol. The molecular weight excluding hydrogens is 370 g/mol. The number of nitrogens with one attached hydrogen (secondary N) is 3. The normalized spacial score (nSPS) is 10.8. The Hall–Kier alpha value is -2.16. The molecule has 3 N–H and O–H groups in total. The van der Waals surface area contributed by atoms with E-state index in [0.29, 0.717) is 16.3 Å². The Morgan fingerprint density at radius 2 is 1.58 bits per heavy atom. The van der Waals surface area contributed by atoms with Crippen LogP contribution >= 0.6 is 23.8 Å². The Kier molecular flexibility index (Phi) is 5.76. The van der Waals surface area contributed by atoms with Crippen LogP contribution in [0.15, 0.2) is 53.4 Å². The van der Waals surface area contributed by atoms with E-state index in [1.165, 1.54) is 24.3 Å². The van der Waals surface area contributed by atoms with Gasteiger partial charge in [0.15, 0.2) is 14.9 Å². The molecule has 24 heavy (non-hydrogen) atoms. The highest BCUT2D eigenvalue weighted by Crippen LogP contribution is 2.13. The summed E-state index contributed by atoms with van der Waals surface area (Å²) in [4.78, 5) is 12.1. The van der Waals surface area contributed by atoms with Crippen molar-refractivity contribution in [2.45, 2.75) is 4.90 Å². The van der Waals surface area contributed by atoms with Gasteiger partial charge < -0.3 is 5.32 Å². The van der Waals surface area contributed by atoms with Gasteiger partial charge in [-0.05, 0) is 60.7 Å². The molecule has 0 spiro atoms. The number of amides is 1. The van der Waals surface area contributed by atoms with E-state index in [4.69, 9.17) is 23.8 Å². The van der Waals surface area contributed by atoms with Crippen LogP contribution in [0.4, 0.5) is 5.69 Å². The van der Waals surface area contributed by atoms with Gasteiger partial charge in [0.2, 0.25) is 0 Å². The number of hydrazine groups is 1. The summed E-state index contributed by atoms with van der Waals surface area (Å²) >= 11 is 10.8. The molecule has 0 heterocycles. The van der Waals surface area contributed by atoms with Crippen molar-refractivity contribution in [1.29, 1.82) is 0 Å². The van der Waals surface area contributed by atoms with Crippen LogP contribution in [0, 0.1) is 0 Å². The number of carbonyl (C=O) groups excluding carboxylic acids is 1. The second-order valence-corrected chi connectivity index (χ2v) is 7.70. The van der Waals surface area contributed by atoms with Crippen molar-refractivity contribution in [1.82, 2.24) is 10.9 Å². The van der Waals surface area contributed by atoms with Crippen molar-refractivity contribution in [2.75, 3.05) is 11.6 Å². The molecule has 2 aromatic rings. The minimum Gasteiger partial charge on any atom is -0.331 e. The molecule has 0 saturated carbocycles. The van der Waals surface area contributed by atoms with Crippen molar-refractivity contribution >= 4 is 50.4 Å². The van der Waals surface area contributed by atoms with Crippen LogP contribution in [0.1, 0.15) is 10.4 Å². The van der Waals surface area contributed by atoms with Crippen LogP contribution in [-0.2, 0) is 9.84 Å². The molecule has 0 atom stereocenters. The Bertz CT molecular complexity index is 851. The lowest BCUT2D eigenvalue weighted by molar-refractivity contribution is 0.0944. The number of hydrogen-bond acceptors (Lipinski definition) is 4. The van der Waals surface area contributed by atoms with Gasteiger partial charge in [0.1, 0.15) is 0 Å². The number of halogens is 1. The zero-order valence-electron chi connectivity index (χ0n) is 12.5. The first kappa shape index (κ1) is 18.2. The molecule has 0 aliphatic rings. The average Bonchev–Trinajstić information content (AvgIpc) is 2.54. The van der Waals surface area contributed by atoms with E-state index in [2.05, 4.69) is 16.2 Å². The SMILES string of the molecule is CS(=O)(=O)c1ccc(C(=O)NNC(=S)Nc2ccc(Cl)cc2)cc1. The third-order valence-electron chi connectivity index (χ3n) is 2.94. The summed E-state index contributed by atoms with van der Waals surface area (Å²) in [5.74, 6) is -0.449. The first-order chi connectivity index (χ1) is 11.3. The number of hydrogen-bond donors (Lipinski definition) is 3. The van der Waals surface area contributed by atoms with E-state index >= 15 is 0 Å². The summed E-state index contributed by atoms with van der Waals surface area (Å²) < 4.78 is 22.8. The van der Waals surface area contributed by atoms with Crippen LogP contribution in [-0.4, -0.2) is 25.7 Å². The van der Waals surface area contributed by atoms with Gasteiger partial charge in [0.05, 0.1) is 4.90 Å². The van der Waals surface area contributed by atoms with Crippen molar-refractivity contribution in [3.63, 3.8) is 0 Å². The highest BCUT2D eigenvalue weighted by Gasteiger charge is 2.10. The van der Waals surface area contributed by atoms with E-state index in [-0.39, 0.29) is 10.0 Å². The fraction of sp³-hybridized carbons (Fsp3) is 0.0667. The number of sulfone groups is 1. The molecule has 0 aliphatic carbocycles. The van der Waals surface area contributed by atoms with Gasteiger partial charge in [-0.15, -0.1) is 0 Å². The van der Waals surface area contributed by atoms with Gasteiger partial charge in [-0.25, -0.2) is 8.42 Å². The van der Waals surface area contributed by atoms with E-state index in [1.807, 2.05) is 0 Å². The molecule has 0 bridgehead atoms. The minimum atomic E-state index is -3.30. The fourth-order valence-corrected chi connectivity index (χ4v) is 2.66. The third kappa shape index (κ3) is 5.19. The highest BCUT2D eigenvalue weighted by atomic mass is 35.5. The van der Waals surface area contributed by atoms with Gasteiger partial charge in [-0.2, -0.15) is 0 Å². The molecule has 0 unspecified atom stereocenters. The van der Waals surface area contributed by atoms with E-state index in [9.17, 15) is 13.2 Å². The number of anilines is 1. The smallest absolute Gasteiger partial charge is 0.269 e. The minimum absolute atomic E-state index is 0.145. The first-order valence-electron chi connectivity index (χ1n) is 6.69. The molecule has 0 aromatic heterocycles.